The molecule has 4 fully saturated rings. The van der Waals surface area contributed by atoms with Crippen molar-refractivity contribution in [3.8, 4) is 17.2 Å². The summed E-state index contributed by atoms with van der Waals surface area (Å²) in [6.07, 6.45) is 6.63. The molecule has 0 spiro atoms. The lowest BCUT2D eigenvalue weighted by Gasteiger charge is -2.57. The second-order valence-electron chi connectivity index (χ2n) is 8.43. The summed E-state index contributed by atoms with van der Waals surface area (Å²) in [7, 11) is 4.75. The van der Waals surface area contributed by atoms with Crippen LogP contribution in [-0.2, 0) is 0 Å². The first-order valence-corrected chi connectivity index (χ1v) is 10.2. The van der Waals surface area contributed by atoms with E-state index in [9.17, 15) is 4.79 Å². The van der Waals surface area contributed by atoms with Crippen LogP contribution in [0.2, 0.25) is 0 Å². The second kappa shape index (κ2) is 7.25. The molecule has 1 amide bonds. The molecule has 4 saturated carbocycles. The van der Waals surface area contributed by atoms with Crippen LogP contribution in [-0.4, -0.2) is 44.7 Å². The second-order valence-corrected chi connectivity index (χ2v) is 8.43. The number of carbonyl (C=O) groups is 1. The third-order valence-electron chi connectivity index (χ3n) is 7.05. The monoisotopic (exact) mass is 373 g/mol. The number of rotatable bonds is 6. The molecule has 0 atom stereocenters. The van der Waals surface area contributed by atoms with E-state index in [1.165, 1.54) is 32.1 Å². The molecular formula is C22H31NO4. The zero-order valence-electron chi connectivity index (χ0n) is 16.9. The van der Waals surface area contributed by atoms with E-state index in [1.807, 2.05) is 0 Å². The minimum Gasteiger partial charge on any atom is -0.493 e. The molecule has 0 saturated heterocycles. The van der Waals surface area contributed by atoms with Crippen LogP contribution < -0.4 is 14.2 Å². The largest absolute Gasteiger partial charge is 0.493 e. The smallest absolute Gasteiger partial charge is 0.254 e. The van der Waals surface area contributed by atoms with Crippen molar-refractivity contribution >= 4 is 5.91 Å². The minimum atomic E-state index is 0.0780. The van der Waals surface area contributed by atoms with Crippen LogP contribution in [0.3, 0.4) is 0 Å². The van der Waals surface area contributed by atoms with E-state index in [4.69, 9.17) is 14.2 Å². The van der Waals surface area contributed by atoms with Crippen molar-refractivity contribution in [2.45, 2.75) is 45.1 Å². The fraction of sp³-hybridized carbons (Fsp3) is 0.682. The van der Waals surface area contributed by atoms with Gasteiger partial charge >= 0.3 is 0 Å². The fourth-order valence-corrected chi connectivity index (χ4v) is 6.27. The van der Waals surface area contributed by atoms with Gasteiger partial charge < -0.3 is 19.1 Å². The molecule has 0 radical (unpaired) electrons. The quantitative estimate of drug-likeness (QED) is 0.756. The van der Waals surface area contributed by atoms with Gasteiger partial charge in [-0.1, -0.05) is 0 Å². The number of carbonyl (C=O) groups excluding carboxylic acids is 1. The molecular weight excluding hydrogens is 342 g/mol. The Morgan fingerprint density at radius 3 is 1.85 bits per heavy atom. The lowest BCUT2D eigenvalue weighted by Crippen LogP contribution is -2.57. The van der Waals surface area contributed by atoms with Crippen LogP contribution in [0.25, 0.3) is 0 Å². The molecule has 0 heterocycles. The number of methoxy groups -OCH3 is 3. The molecule has 5 rings (SSSR count). The van der Waals surface area contributed by atoms with Crippen LogP contribution >= 0.6 is 0 Å². The SMILES string of the molecule is CCN(C(=O)c1cc(OC)c(OC)c(OC)c1)C1C2CC3CC(C2)CC1C3. The van der Waals surface area contributed by atoms with E-state index in [2.05, 4.69) is 11.8 Å². The number of hydrogen-bond donors (Lipinski definition) is 0. The molecule has 148 valence electrons. The molecule has 0 aliphatic heterocycles. The molecule has 4 aliphatic carbocycles. The van der Waals surface area contributed by atoms with Crippen LogP contribution in [0, 0.1) is 23.7 Å². The summed E-state index contributed by atoms with van der Waals surface area (Å²) in [5.74, 6) is 4.81. The molecule has 0 N–H and O–H groups in total. The Hall–Kier alpha value is -1.91. The van der Waals surface area contributed by atoms with Crippen molar-refractivity contribution in [1.29, 1.82) is 0 Å². The van der Waals surface area contributed by atoms with Gasteiger partial charge in [-0.15, -0.1) is 0 Å². The number of amides is 1. The Labute approximate surface area is 162 Å². The first-order chi connectivity index (χ1) is 13.1. The molecule has 1 aromatic carbocycles. The summed E-state index contributed by atoms with van der Waals surface area (Å²) >= 11 is 0. The Balaban J connectivity index is 1.65. The van der Waals surface area contributed by atoms with Crippen LogP contribution in [0.4, 0.5) is 0 Å². The standard InChI is InChI=1S/C22H31NO4/c1-5-23(20-15-7-13-6-14(9-15)10-16(20)8-13)22(24)17-11-18(25-2)21(27-4)19(12-17)26-3/h11-16,20H,5-10H2,1-4H3. The predicted molar refractivity (Wildman–Crippen MR) is 104 cm³/mol. The fourth-order valence-electron chi connectivity index (χ4n) is 6.27. The third-order valence-corrected chi connectivity index (χ3v) is 7.05. The van der Waals surface area contributed by atoms with E-state index in [0.29, 0.717) is 40.7 Å². The number of nitrogens with zero attached hydrogens (tertiary/aromatic N) is 1. The minimum absolute atomic E-state index is 0.0780. The van der Waals surface area contributed by atoms with Crippen molar-refractivity contribution in [2.75, 3.05) is 27.9 Å². The highest BCUT2D eigenvalue weighted by atomic mass is 16.5. The van der Waals surface area contributed by atoms with E-state index in [-0.39, 0.29) is 5.91 Å². The molecule has 4 aliphatic rings. The highest BCUT2D eigenvalue weighted by molar-refractivity contribution is 5.96. The lowest BCUT2D eigenvalue weighted by molar-refractivity contribution is -0.0543. The number of ether oxygens (including phenoxy) is 3. The van der Waals surface area contributed by atoms with Crippen molar-refractivity contribution in [3.63, 3.8) is 0 Å². The summed E-state index contributed by atoms with van der Waals surface area (Å²) in [4.78, 5) is 15.6. The molecule has 5 heteroatoms. The summed E-state index contributed by atoms with van der Waals surface area (Å²) in [5, 5.41) is 0. The van der Waals surface area contributed by atoms with Gasteiger partial charge in [-0.25, -0.2) is 0 Å². The van der Waals surface area contributed by atoms with Crippen molar-refractivity contribution in [2.24, 2.45) is 23.7 Å². The Morgan fingerprint density at radius 2 is 1.44 bits per heavy atom. The highest BCUT2D eigenvalue weighted by Crippen LogP contribution is 2.55. The molecule has 27 heavy (non-hydrogen) atoms. The molecule has 5 nitrogen and oxygen atoms in total. The van der Waals surface area contributed by atoms with E-state index in [0.717, 1.165) is 18.4 Å². The molecule has 4 bridgehead atoms. The maximum absolute atomic E-state index is 13.5. The summed E-state index contributed by atoms with van der Waals surface area (Å²) in [6.45, 7) is 2.84. The van der Waals surface area contributed by atoms with Crippen molar-refractivity contribution in [3.05, 3.63) is 17.7 Å². The maximum Gasteiger partial charge on any atom is 0.254 e. The van der Waals surface area contributed by atoms with Crippen LogP contribution in [0.5, 0.6) is 17.2 Å². The normalized spacial score (nSPS) is 30.9. The summed E-state index contributed by atoms with van der Waals surface area (Å²) in [5.41, 5.74) is 0.611. The Morgan fingerprint density at radius 1 is 0.926 bits per heavy atom. The highest BCUT2D eigenvalue weighted by Gasteiger charge is 2.50. The van der Waals surface area contributed by atoms with Crippen molar-refractivity contribution in [1.82, 2.24) is 4.90 Å². The topological polar surface area (TPSA) is 48.0 Å². The molecule has 1 aromatic rings. The predicted octanol–water partition coefficient (Wildman–Crippen LogP) is 4.00. The first-order valence-electron chi connectivity index (χ1n) is 10.2. The zero-order valence-corrected chi connectivity index (χ0v) is 16.9. The van der Waals surface area contributed by atoms with Gasteiger partial charge in [0.05, 0.1) is 21.3 Å². The van der Waals surface area contributed by atoms with E-state index >= 15 is 0 Å². The third kappa shape index (κ3) is 3.05. The van der Waals surface area contributed by atoms with Crippen LogP contribution in [0.15, 0.2) is 12.1 Å². The average Bonchev–Trinajstić information content (AvgIpc) is 2.68. The van der Waals surface area contributed by atoms with Gasteiger partial charge in [-0.2, -0.15) is 0 Å². The number of benzene rings is 1. The zero-order chi connectivity index (χ0) is 19.1. The van der Waals surface area contributed by atoms with Crippen LogP contribution in [0.1, 0.15) is 49.4 Å². The molecule has 0 unspecified atom stereocenters. The van der Waals surface area contributed by atoms with Gasteiger partial charge in [0, 0.05) is 18.2 Å². The van der Waals surface area contributed by atoms with Gasteiger partial charge in [0.1, 0.15) is 0 Å². The van der Waals surface area contributed by atoms with E-state index < -0.39 is 0 Å². The van der Waals surface area contributed by atoms with Gasteiger partial charge in [-0.05, 0) is 74.8 Å². The molecule has 0 aromatic heterocycles. The maximum atomic E-state index is 13.5. The Kier molecular flexibility index (Phi) is 4.95. The first kappa shape index (κ1) is 18.5. The lowest BCUT2D eigenvalue weighted by atomic mass is 9.54. The summed E-state index contributed by atoms with van der Waals surface area (Å²) < 4.78 is 16.3. The van der Waals surface area contributed by atoms with E-state index in [1.54, 1.807) is 33.5 Å². The van der Waals surface area contributed by atoms with Gasteiger partial charge in [0.25, 0.3) is 5.91 Å². The van der Waals surface area contributed by atoms with Crippen molar-refractivity contribution < 1.29 is 19.0 Å². The van der Waals surface area contributed by atoms with Gasteiger partial charge in [0.2, 0.25) is 5.75 Å². The van der Waals surface area contributed by atoms with Gasteiger partial charge in [-0.3, -0.25) is 4.79 Å². The number of hydrogen-bond acceptors (Lipinski definition) is 4. The summed E-state index contributed by atoms with van der Waals surface area (Å²) in [6, 6.07) is 3.94. The average molecular weight is 373 g/mol. The van der Waals surface area contributed by atoms with Gasteiger partial charge in [0.15, 0.2) is 11.5 Å². The Bertz CT molecular complexity index is 663.